The Labute approximate surface area is 183 Å². The molecule has 3 rings (SSSR count). The van der Waals surface area contributed by atoms with Crippen LogP contribution in [0.3, 0.4) is 0 Å². The minimum Gasteiger partial charge on any atom is -0.497 e. The highest BCUT2D eigenvalue weighted by molar-refractivity contribution is 7.14. The highest BCUT2D eigenvalue weighted by Crippen LogP contribution is 2.35. The fraction of sp³-hybridized carbons (Fsp3) is 0.238. The smallest absolute Gasteiger partial charge is 0.311 e. The topological polar surface area (TPSA) is 108 Å². The Morgan fingerprint density at radius 3 is 2.74 bits per heavy atom. The second kappa shape index (κ2) is 10.4. The molecule has 0 saturated heterocycles. The summed E-state index contributed by atoms with van der Waals surface area (Å²) in [5, 5.41) is 17.9. The summed E-state index contributed by atoms with van der Waals surface area (Å²) in [5.41, 5.74) is 4.88. The van der Waals surface area contributed by atoms with Crippen molar-refractivity contribution in [2.24, 2.45) is 5.10 Å². The molecule has 0 unspecified atom stereocenters. The SMILES string of the molecule is CCCOc1ccc(/C=N\Nc2nc(-c3ccc(OC)cc3OC)cs2)cc1[N+](=O)[O-]. The molecule has 10 heteroatoms. The Bertz CT molecular complexity index is 1080. The maximum absolute atomic E-state index is 11.3. The summed E-state index contributed by atoms with van der Waals surface area (Å²) in [5.74, 6) is 1.59. The first kappa shape index (κ1) is 22.0. The largest absolute Gasteiger partial charge is 0.497 e. The Morgan fingerprint density at radius 1 is 1.19 bits per heavy atom. The third-order valence-electron chi connectivity index (χ3n) is 4.20. The van der Waals surface area contributed by atoms with Gasteiger partial charge in [-0.25, -0.2) is 4.98 Å². The number of benzene rings is 2. The molecule has 162 valence electrons. The van der Waals surface area contributed by atoms with E-state index < -0.39 is 4.92 Å². The summed E-state index contributed by atoms with van der Waals surface area (Å²) >= 11 is 1.38. The molecule has 0 radical (unpaired) electrons. The minimum atomic E-state index is -0.467. The monoisotopic (exact) mass is 442 g/mol. The Hall–Kier alpha value is -3.66. The number of methoxy groups -OCH3 is 2. The van der Waals surface area contributed by atoms with E-state index in [4.69, 9.17) is 14.2 Å². The van der Waals surface area contributed by atoms with Crippen molar-refractivity contribution in [3.05, 3.63) is 57.5 Å². The van der Waals surface area contributed by atoms with E-state index in [0.29, 0.717) is 28.8 Å². The van der Waals surface area contributed by atoms with E-state index in [0.717, 1.165) is 17.7 Å². The third kappa shape index (κ3) is 5.48. The van der Waals surface area contributed by atoms with Crippen LogP contribution in [0.4, 0.5) is 10.8 Å². The van der Waals surface area contributed by atoms with Crippen LogP contribution in [0.1, 0.15) is 18.9 Å². The number of hydrazone groups is 1. The highest BCUT2D eigenvalue weighted by atomic mass is 32.1. The van der Waals surface area contributed by atoms with E-state index in [-0.39, 0.29) is 11.4 Å². The van der Waals surface area contributed by atoms with Crippen LogP contribution in [0, 0.1) is 10.1 Å². The van der Waals surface area contributed by atoms with Crippen molar-refractivity contribution >= 4 is 28.4 Å². The van der Waals surface area contributed by atoms with Gasteiger partial charge >= 0.3 is 5.69 Å². The Balaban J connectivity index is 1.72. The summed E-state index contributed by atoms with van der Waals surface area (Å²) in [6.07, 6.45) is 2.26. The molecule has 0 amide bonds. The highest BCUT2D eigenvalue weighted by Gasteiger charge is 2.15. The van der Waals surface area contributed by atoms with Crippen LogP contribution in [0.5, 0.6) is 17.2 Å². The van der Waals surface area contributed by atoms with Gasteiger partial charge < -0.3 is 14.2 Å². The van der Waals surface area contributed by atoms with Gasteiger partial charge in [0.15, 0.2) is 5.75 Å². The standard InChI is InChI=1S/C21H22N4O5S/c1-4-9-30-19-8-5-14(10-18(19)25(26)27)12-22-24-21-23-17(13-31-21)16-7-6-15(28-2)11-20(16)29-3/h5-8,10-13H,4,9H2,1-3H3,(H,23,24)/b22-12-. The van der Waals surface area contributed by atoms with Crippen molar-refractivity contribution in [3.63, 3.8) is 0 Å². The lowest BCUT2D eigenvalue weighted by Crippen LogP contribution is -2.00. The van der Waals surface area contributed by atoms with Crippen molar-refractivity contribution in [3.8, 4) is 28.5 Å². The van der Waals surface area contributed by atoms with Gasteiger partial charge in [-0.2, -0.15) is 5.10 Å². The number of nitrogens with one attached hydrogen (secondary N) is 1. The van der Waals surface area contributed by atoms with Gasteiger partial charge in [0, 0.05) is 28.6 Å². The summed E-state index contributed by atoms with van der Waals surface area (Å²) in [7, 11) is 3.18. The van der Waals surface area contributed by atoms with E-state index in [1.165, 1.54) is 23.6 Å². The second-order valence-corrected chi connectivity index (χ2v) is 7.16. The molecule has 0 bridgehead atoms. The zero-order valence-electron chi connectivity index (χ0n) is 17.3. The van der Waals surface area contributed by atoms with Gasteiger partial charge in [-0.1, -0.05) is 6.92 Å². The Morgan fingerprint density at radius 2 is 2.03 bits per heavy atom. The lowest BCUT2D eigenvalue weighted by atomic mass is 10.1. The maximum Gasteiger partial charge on any atom is 0.311 e. The second-order valence-electron chi connectivity index (χ2n) is 6.31. The predicted octanol–water partition coefficient (Wildman–Crippen LogP) is 4.97. The van der Waals surface area contributed by atoms with Crippen LogP contribution in [0.25, 0.3) is 11.3 Å². The first-order chi connectivity index (χ1) is 15.0. The zero-order valence-corrected chi connectivity index (χ0v) is 18.1. The molecule has 3 aromatic rings. The molecule has 0 aliphatic heterocycles. The van der Waals surface area contributed by atoms with Gasteiger partial charge in [-0.05, 0) is 30.7 Å². The quantitative estimate of drug-likeness (QED) is 0.268. The third-order valence-corrected chi connectivity index (χ3v) is 4.95. The van der Waals surface area contributed by atoms with Gasteiger partial charge in [0.25, 0.3) is 0 Å². The molecule has 31 heavy (non-hydrogen) atoms. The molecule has 0 saturated carbocycles. The molecule has 2 aromatic carbocycles. The van der Waals surface area contributed by atoms with Gasteiger partial charge in [-0.3, -0.25) is 15.5 Å². The maximum atomic E-state index is 11.3. The van der Waals surface area contributed by atoms with E-state index in [9.17, 15) is 10.1 Å². The van der Waals surface area contributed by atoms with Crippen molar-refractivity contribution in [2.75, 3.05) is 26.3 Å². The lowest BCUT2D eigenvalue weighted by molar-refractivity contribution is -0.385. The van der Waals surface area contributed by atoms with Gasteiger partial charge in [-0.15, -0.1) is 11.3 Å². The molecule has 1 aromatic heterocycles. The lowest BCUT2D eigenvalue weighted by Gasteiger charge is -2.08. The number of aromatic nitrogens is 1. The average Bonchev–Trinajstić information content (AvgIpc) is 3.26. The van der Waals surface area contributed by atoms with Gasteiger partial charge in [0.1, 0.15) is 11.5 Å². The minimum absolute atomic E-state index is 0.0967. The van der Waals surface area contributed by atoms with Crippen LogP contribution in [0.15, 0.2) is 46.9 Å². The molecule has 0 fully saturated rings. The predicted molar refractivity (Wildman–Crippen MR) is 121 cm³/mol. The van der Waals surface area contributed by atoms with Gasteiger partial charge in [0.05, 0.1) is 37.7 Å². The number of nitro benzene ring substituents is 1. The van der Waals surface area contributed by atoms with E-state index in [1.54, 1.807) is 32.4 Å². The first-order valence-electron chi connectivity index (χ1n) is 9.44. The molecule has 9 nitrogen and oxygen atoms in total. The molecular formula is C21H22N4O5S. The first-order valence-corrected chi connectivity index (χ1v) is 10.3. The van der Waals surface area contributed by atoms with Crippen LogP contribution in [0.2, 0.25) is 0 Å². The average molecular weight is 442 g/mol. The summed E-state index contributed by atoms with van der Waals surface area (Å²) in [6, 6.07) is 10.2. The molecule has 0 aliphatic carbocycles. The number of ether oxygens (including phenoxy) is 3. The number of nitro groups is 1. The van der Waals surface area contributed by atoms with Crippen molar-refractivity contribution in [1.29, 1.82) is 0 Å². The fourth-order valence-electron chi connectivity index (χ4n) is 2.71. The summed E-state index contributed by atoms with van der Waals surface area (Å²) in [6.45, 7) is 2.36. The Kier molecular flexibility index (Phi) is 7.39. The number of anilines is 1. The van der Waals surface area contributed by atoms with Crippen LogP contribution < -0.4 is 19.6 Å². The molecule has 1 heterocycles. The van der Waals surface area contributed by atoms with Crippen molar-refractivity contribution < 1.29 is 19.1 Å². The van der Waals surface area contributed by atoms with E-state index >= 15 is 0 Å². The number of rotatable bonds is 10. The summed E-state index contributed by atoms with van der Waals surface area (Å²) < 4.78 is 16.1. The molecule has 1 N–H and O–H groups in total. The number of thiazole rings is 1. The number of hydrogen-bond donors (Lipinski definition) is 1. The molecule has 0 atom stereocenters. The fourth-order valence-corrected chi connectivity index (χ4v) is 3.37. The molecular weight excluding hydrogens is 420 g/mol. The van der Waals surface area contributed by atoms with Crippen LogP contribution >= 0.6 is 11.3 Å². The van der Waals surface area contributed by atoms with Crippen molar-refractivity contribution in [1.82, 2.24) is 4.98 Å². The van der Waals surface area contributed by atoms with Crippen molar-refractivity contribution in [2.45, 2.75) is 13.3 Å². The van der Waals surface area contributed by atoms with Crippen LogP contribution in [-0.4, -0.2) is 36.9 Å². The van der Waals surface area contributed by atoms with E-state index in [2.05, 4.69) is 15.5 Å². The summed E-state index contributed by atoms with van der Waals surface area (Å²) in [4.78, 5) is 15.3. The molecule has 0 spiro atoms. The number of nitrogens with zero attached hydrogens (tertiary/aromatic N) is 3. The zero-order chi connectivity index (χ0) is 22.2. The number of hydrogen-bond acceptors (Lipinski definition) is 9. The molecule has 0 aliphatic rings. The van der Waals surface area contributed by atoms with E-state index in [1.807, 2.05) is 24.4 Å². The normalized spacial score (nSPS) is 10.8. The van der Waals surface area contributed by atoms with Crippen LogP contribution in [-0.2, 0) is 0 Å². The van der Waals surface area contributed by atoms with Gasteiger partial charge in [0.2, 0.25) is 5.13 Å².